The molecule has 0 amide bonds. The van der Waals surface area contributed by atoms with E-state index in [-0.39, 0.29) is 19.5 Å². The zero-order valence-corrected chi connectivity index (χ0v) is 6.68. The second-order valence-corrected chi connectivity index (χ2v) is 1.62. The zero-order valence-electron chi connectivity index (χ0n) is 4.95. The molecule has 0 heterocycles. The molecule has 2 N–H and O–H groups in total. The summed E-state index contributed by atoms with van der Waals surface area (Å²) >= 11 is 0. The molecule has 0 aliphatic heterocycles. The van der Waals surface area contributed by atoms with Gasteiger partial charge >= 0.3 is 0 Å². The first-order valence-corrected chi connectivity index (χ1v) is 2.63. The molecule has 3 heteroatoms. The van der Waals surface area contributed by atoms with Gasteiger partial charge in [-0.05, 0) is 12.8 Å². The Balaban J connectivity index is 0. The molecule has 2 nitrogen and oxygen atoms in total. The average molecular weight is 205 g/mol. The third kappa shape index (κ3) is 9.74. The van der Waals surface area contributed by atoms with Gasteiger partial charge in [-0.1, -0.05) is 13.3 Å². The van der Waals surface area contributed by atoms with Crippen molar-refractivity contribution in [2.24, 2.45) is 0 Å². The van der Waals surface area contributed by atoms with Gasteiger partial charge < -0.3 is 10.2 Å². The van der Waals surface area contributed by atoms with E-state index in [2.05, 4.69) is 0 Å². The number of rotatable bonds is 3. The standard InChI is InChI=1S/C5H12O2.Ru/c1-2-3-4-5(6)7;/h5-7H,2-4H2,1H3;. The Morgan fingerprint density at radius 2 is 1.88 bits per heavy atom. The molecule has 0 rings (SSSR count). The monoisotopic (exact) mass is 206 g/mol. The van der Waals surface area contributed by atoms with Crippen LogP contribution >= 0.6 is 0 Å². The van der Waals surface area contributed by atoms with Gasteiger partial charge in [0.2, 0.25) is 0 Å². The number of aliphatic hydroxyl groups excluding tert-OH is 1. The van der Waals surface area contributed by atoms with Crippen LogP contribution in [0.5, 0.6) is 0 Å². The van der Waals surface area contributed by atoms with E-state index >= 15 is 0 Å². The molecule has 0 saturated carbocycles. The van der Waals surface area contributed by atoms with Crippen LogP contribution in [0, 0.1) is 0 Å². The van der Waals surface area contributed by atoms with Crippen LogP contribution in [0.25, 0.3) is 0 Å². The second kappa shape index (κ2) is 7.54. The Labute approximate surface area is 62.7 Å². The molecule has 8 heavy (non-hydrogen) atoms. The molecule has 0 aromatic heterocycles. The summed E-state index contributed by atoms with van der Waals surface area (Å²) in [7, 11) is 0. The molecular weight excluding hydrogens is 193 g/mol. The van der Waals surface area contributed by atoms with E-state index in [0.29, 0.717) is 6.42 Å². The van der Waals surface area contributed by atoms with Crippen LogP contribution in [0.4, 0.5) is 0 Å². The Bertz CT molecular complexity index is 39.4. The molecule has 0 aromatic carbocycles. The first-order valence-electron chi connectivity index (χ1n) is 2.63. The van der Waals surface area contributed by atoms with Crippen LogP contribution in [0.2, 0.25) is 0 Å². The van der Waals surface area contributed by atoms with Gasteiger partial charge in [-0.2, -0.15) is 0 Å². The maximum atomic E-state index is 8.24. The Kier molecular flexibility index (Phi) is 10.7. The topological polar surface area (TPSA) is 40.5 Å². The van der Waals surface area contributed by atoms with Crippen LogP contribution in [0.1, 0.15) is 26.2 Å². The van der Waals surface area contributed by atoms with Crippen LogP contribution in [0.15, 0.2) is 0 Å². The smallest absolute Gasteiger partial charge is 0.151 e. The van der Waals surface area contributed by atoms with Gasteiger partial charge in [0, 0.05) is 19.5 Å². The molecule has 52 valence electrons. The molecule has 0 atom stereocenters. The van der Waals surface area contributed by atoms with Gasteiger partial charge in [-0.3, -0.25) is 0 Å². The molecule has 0 aliphatic rings. The SMILES string of the molecule is CCCCC(O)O.[Ru]. The van der Waals surface area contributed by atoms with E-state index in [1.807, 2.05) is 6.92 Å². The Morgan fingerprint density at radius 1 is 1.38 bits per heavy atom. The number of aliphatic hydroxyl groups is 2. The largest absolute Gasteiger partial charge is 0.368 e. The Morgan fingerprint density at radius 3 is 2.00 bits per heavy atom. The zero-order chi connectivity index (χ0) is 5.70. The van der Waals surface area contributed by atoms with Gasteiger partial charge in [0.05, 0.1) is 0 Å². The summed E-state index contributed by atoms with van der Waals surface area (Å²) in [6.45, 7) is 2.02. The van der Waals surface area contributed by atoms with Crippen molar-refractivity contribution in [1.29, 1.82) is 0 Å². The van der Waals surface area contributed by atoms with Crippen molar-refractivity contribution < 1.29 is 29.7 Å². The van der Waals surface area contributed by atoms with Crippen molar-refractivity contribution in [2.75, 3.05) is 0 Å². The van der Waals surface area contributed by atoms with Crippen molar-refractivity contribution in [3.8, 4) is 0 Å². The summed E-state index contributed by atoms with van der Waals surface area (Å²) in [6.07, 6.45) is 1.34. The van der Waals surface area contributed by atoms with Crippen molar-refractivity contribution in [3.05, 3.63) is 0 Å². The van der Waals surface area contributed by atoms with E-state index in [0.717, 1.165) is 12.8 Å². The van der Waals surface area contributed by atoms with E-state index in [1.165, 1.54) is 0 Å². The van der Waals surface area contributed by atoms with Gasteiger partial charge in [0.25, 0.3) is 0 Å². The molecule has 0 aliphatic carbocycles. The summed E-state index contributed by atoms with van der Waals surface area (Å²) in [5, 5.41) is 16.5. The molecule has 0 fully saturated rings. The van der Waals surface area contributed by atoms with Crippen LogP contribution < -0.4 is 0 Å². The van der Waals surface area contributed by atoms with Gasteiger partial charge in [0.1, 0.15) is 0 Å². The van der Waals surface area contributed by atoms with Crippen LogP contribution in [-0.4, -0.2) is 16.5 Å². The maximum Gasteiger partial charge on any atom is 0.151 e. The quantitative estimate of drug-likeness (QED) is 0.520. The summed E-state index contributed by atoms with van der Waals surface area (Å²) in [6, 6.07) is 0. The van der Waals surface area contributed by atoms with E-state index in [9.17, 15) is 0 Å². The summed E-state index contributed by atoms with van der Waals surface area (Å²) < 4.78 is 0. The molecule has 0 saturated heterocycles. The van der Waals surface area contributed by atoms with E-state index in [1.54, 1.807) is 0 Å². The number of hydrogen-bond acceptors (Lipinski definition) is 2. The predicted molar refractivity (Wildman–Crippen MR) is 27.8 cm³/mol. The minimum absolute atomic E-state index is 0. The molecular formula is C5H12O2Ru. The van der Waals surface area contributed by atoms with Crippen molar-refractivity contribution >= 4 is 0 Å². The van der Waals surface area contributed by atoms with E-state index in [4.69, 9.17) is 10.2 Å². The molecule has 0 aromatic rings. The third-order valence-electron chi connectivity index (χ3n) is 0.816. The summed E-state index contributed by atoms with van der Waals surface area (Å²) in [4.78, 5) is 0. The van der Waals surface area contributed by atoms with Crippen molar-refractivity contribution in [3.63, 3.8) is 0 Å². The fourth-order valence-corrected chi connectivity index (χ4v) is 0.387. The van der Waals surface area contributed by atoms with Gasteiger partial charge in [0.15, 0.2) is 6.29 Å². The fourth-order valence-electron chi connectivity index (χ4n) is 0.387. The van der Waals surface area contributed by atoms with Crippen LogP contribution in [0.3, 0.4) is 0 Å². The fraction of sp³-hybridized carbons (Fsp3) is 1.00. The molecule has 0 bridgehead atoms. The molecule has 0 unspecified atom stereocenters. The average Bonchev–Trinajstić information content (AvgIpc) is 1.61. The van der Waals surface area contributed by atoms with Gasteiger partial charge in [-0.25, -0.2) is 0 Å². The van der Waals surface area contributed by atoms with Crippen molar-refractivity contribution in [1.82, 2.24) is 0 Å². The number of unbranched alkanes of at least 4 members (excludes halogenated alkanes) is 1. The first kappa shape index (κ1) is 11.4. The Hall–Kier alpha value is 0.543. The van der Waals surface area contributed by atoms with Crippen molar-refractivity contribution in [2.45, 2.75) is 32.5 Å². The summed E-state index contributed by atoms with van der Waals surface area (Å²) in [5.74, 6) is 0. The maximum absolute atomic E-state index is 8.24. The predicted octanol–water partition coefficient (Wildman–Crippen LogP) is 0.485. The molecule has 0 spiro atoms. The van der Waals surface area contributed by atoms with Crippen LogP contribution in [-0.2, 0) is 19.5 Å². The normalized spacial score (nSPS) is 9.00. The van der Waals surface area contributed by atoms with Gasteiger partial charge in [-0.15, -0.1) is 0 Å². The summed E-state index contributed by atoms with van der Waals surface area (Å²) in [5.41, 5.74) is 0. The minimum atomic E-state index is -1.10. The molecule has 0 radical (unpaired) electrons. The first-order chi connectivity index (χ1) is 3.27. The second-order valence-electron chi connectivity index (χ2n) is 1.62. The minimum Gasteiger partial charge on any atom is -0.368 e. The third-order valence-corrected chi connectivity index (χ3v) is 0.816. The number of hydrogen-bond donors (Lipinski definition) is 2. The van der Waals surface area contributed by atoms with E-state index < -0.39 is 6.29 Å².